The van der Waals surface area contributed by atoms with Crippen molar-refractivity contribution in [3.63, 3.8) is 0 Å². The number of carboxylic acid groups (broad SMARTS) is 1. The molecule has 2 N–H and O–H groups in total. The Labute approximate surface area is 100 Å². The summed E-state index contributed by atoms with van der Waals surface area (Å²) in [7, 11) is -3.65. The summed E-state index contributed by atoms with van der Waals surface area (Å²) in [4.78, 5) is 10.8. The summed E-state index contributed by atoms with van der Waals surface area (Å²) in [6, 6.07) is 1.83. The maximum absolute atomic E-state index is 11.7. The molecule has 0 bridgehead atoms. The van der Waals surface area contributed by atoms with Crippen molar-refractivity contribution in [2.75, 3.05) is 19.6 Å². The summed E-state index contributed by atoms with van der Waals surface area (Å²) < 4.78 is 26.9. The Kier molecular flexibility index (Phi) is 4.86. The lowest BCUT2D eigenvalue weighted by atomic mass is 10.0. The molecule has 0 aromatic carbocycles. The van der Waals surface area contributed by atoms with Crippen LogP contribution in [0.2, 0.25) is 0 Å². The van der Waals surface area contributed by atoms with E-state index in [1.165, 1.54) is 0 Å². The zero-order chi connectivity index (χ0) is 12.9. The van der Waals surface area contributed by atoms with Gasteiger partial charge in [-0.1, -0.05) is 0 Å². The van der Waals surface area contributed by atoms with E-state index in [2.05, 4.69) is 4.72 Å². The van der Waals surface area contributed by atoms with Crippen molar-refractivity contribution in [3.05, 3.63) is 0 Å². The van der Waals surface area contributed by atoms with E-state index in [0.717, 1.165) is 4.31 Å². The van der Waals surface area contributed by atoms with Gasteiger partial charge < -0.3 is 5.11 Å². The van der Waals surface area contributed by atoms with E-state index in [1.807, 2.05) is 6.07 Å². The number of hydrogen-bond donors (Lipinski definition) is 2. The van der Waals surface area contributed by atoms with Gasteiger partial charge in [0.05, 0.1) is 12.0 Å². The first kappa shape index (κ1) is 13.9. The Hall–Kier alpha value is -1.17. The molecule has 0 aromatic heterocycles. The van der Waals surface area contributed by atoms with Gasteiger partial charge in [0.2, 0.25) is 0 Å². The summed E-state index contributed by atoms with van der Waals surface area (Å²) in [5, 5.41) is 17.2. The molecule has 1 atom stereocenters. The molecule has 0 aromatic rings. The number of nitrogens with zero attached hydrogens (tertiary/aromatic N) is 2. The molecule has 7 nitrogen and oxygen atoms in total. The highest BCUT2D eigenvalue weighted by Crippen LogP contribution is 2.18. The maximum atomic E-state index is 11.7. The van der Waals surface area contributed by atoms with Crippen molar-refractivity contribution >= 4 is 16.2 Å². The molecule has 1 unspecified atom stereocenters. The van der Waals surface area contributed by atoms with Crippen LogP contribution in [0.3, 0.4) is 0 Å². The van der Waals surface area contributed by atoms with E-state index in [1.54, 1.807) is 0 Å². The van der Waals surface area contributed by atoms with Gasteiger partial charge in [0.15, 0.2) is 0 Å². The van der Waals surface area contributed by atoms with Crippen molar-refractivity contribution in [1.29, 1.82) is 5.26 Å². The molecule has 1 aliphatic rings. The SMILES string of the molecule is N#CCCNS(=O)(=O)N1CCCC(C(=O)O)C1. The van der Waals surface area contributed by atoms with Crippen LogP contribution in [0.15, 0.2) is 0 Å². The zero-order valence-electron chi connectivity index (χ0n) is 9.29. The average molecular weight is 261 g/mol. The third-order valence-electron chi connectivity index (χ3n) is 2.59. The first-order valence-electron chi connectivity index (χ1n) is 5.32. The first-order chi connectivity index (χ1) is 7.97. The lowest BCUT2D eigenvalue weighted by molar-refractivity contribution is -0.142. The predicted molar refractivity (Wildman–Crippen MR) is 59.1 cm³/mol. The summed E-state index contributed by atoms with van der Waals surface area (Å²) >= 11 is 0. The van der Waals surface area contributed by atoms with E-state index in [4.69, 9.17) is 10.4 Å². The van der Waals surface area contributed by atoms with Crippen molar-refractivity contribution in [2.24, 2.45) is 5.92 Å². The molecule has 1 saturated heterocycles. The topological polar surface area (TPSA) is 111 Å². The molecule has 0 spiro atoms. The number of aliphatic carboxylic acids is 1. The van der Waals surface area contributed by atoms with E-state index in [-0.39, 0.29) is 19.5 Å². The number of rotatable bonds is 5. The quantitative estimate of drug-likeness (QED) is 0.650. The zero-order valence-corrected chi connectivity index (χ0v) is 10.1. The van der Waals surface area contributed by atoms with Gasteiger partial charge in [-0.3, -0.25) is 4.79 Å². The first-order valence-corrected chi connectivity index (χ1v) is 6.76. The minimum absolute atomic E-state index is 0.00276. The molecule has 17 heavy (non-hydrogen) atoms. The van der Waals surface area contributed by atoms with Crippen LogP contribution in [0.25, 0.3) is 0 Å². The Morgan fingerprint density at radius 3 is 2.88 bits per heavy atom. The molecule has 1 fully saturated rings. The van der Waals surface area contributed by atoms with Crippen LogP contribution in [0.1, 0.15) is 19.3 Å². The lowest BCUT2D eigenvalue weighted by Crippen LogP contribution is -2.47. The van der Waals surface area contributed by atoms with Crippen LogP contribution in [0.5, 0.6) is 0 Å². The van der Waals surface area contributed by atoms with Crippen LogP contribution < -0.4 is 4.72 Å². The van der Waals surface area contributed by atoms with Crippen molar-refractivity contribution in [3.8, 4) is 6.07 Å². The second kappa shape index (κ2) is 5.95. The van der Waals surface area contributed by atoms with Gasteiger partial charge >= 0.3 is 5.97 Å². The van der Waals surface area contributed by atoms with Gasteiger partial charge in [0.25, 0.3) is 10.2 Å². The minimum Gasteiger partial charge on any atom is -0.481 e. The van der Waals surface area contributed by atoms with E-state index in [0.29, 0.717) is 19.4 Å². The van der Waals surface area contributed by atoms with Crippen molar-refractivity contribution in [2.45, 2.75) is 19.3 Å². The second-order valence-corrected chi connectivity index (χ2v) is 5.60. The van der Waals surface area contributed by atoms with Gasteiger partial charge in [-0.2, -0.15) is 18.0 Å². The number of carboxylic acids is 1. The van der Waals surface area contributed by atoms with Gasteiger partial charge in [0, 0.05) is 26.1 Å². The fourth-order valence-corrected chi connectivity index (χ4v) is 2.98. The third-order valence-corrected chi connectivity index (χ3v) is 4.17. The predicted octanol–water partition coefficient (Wildman–Crippen LogP) is -0.469. The highest BCUT2D eigenvalue weighted by molar-refractivity contribution is 7.87. The van der Waals surface area contributed by atoms with Gasteiger partial charge in [-0.25, -0.2) is 4.72 Å². The number of piperidine rings is 1. The van der Waals surface area contributed by atoms with Gasteiger partial charge in [0.1, 0.15) is 0 Å². The fraction of sp³-hybridized carbons (Fsp3) is 0.778. The molecular formula is C9H15N3O4S. The van der Waals surface area contributed by atoms with Crippen molar-refractivity contribution in [1.82, 2.24) is 9.03 Å². The van der Waals surface area contributed by atoms with E-state index < -0.39 is 22.1 Å². The minimum atomic E-state index is -3.65. The number of nitrogens with one attached hydrogen (secondary N) is 1. The Bertz CT molecular complexity index is 414. The number of hydrogen-bond acceptors (Lipinski definition) is 4. The van der Waals surface area contributed by atoms with Crippen molar-refractivity contribution < 1.29 is 18.3 Å². The van der Waals surface area contributed by atoms with Crippen LogP contribution in [-0.2, 0) is 15.0 Å². The second-order valence-electron chi connectivity index (χ2n) is 3.84. The van der Waals surface area contributed by atoms with E-state index >= 15 is 0 Å². The van der Waals surface area contributed by atoms with Gasteiger partial charge in [-0.05, 0) is 12.8 Å². The summed E-state index contributed by atoms with van der Waals surface area (Å²) in [5.74, 6) is -1.61. The van der Waals surface area contributed by atoms with E-state index in [9.17, 15) is 13.2 Å². The third kappa shape index (κ3) is 3.96. The smallest absolute Gasteiger partial charge is 0.307 e. The maximum Gasteiger partial charge on any atom is 0.307 e. The molecule has 1 aliphatic heterocycles. The molecule has 1 heterocycles. The number of carbonyl (C=O) groups is 1. The summed E-state index contributed by atoms with van der Waals surface area (Å²) in [5.41, 5.74) is 0. The summed E-state index contributed by atoms with van der Waals surface area (Å²) in [6.45, 7) is 0.371. The molecule has 0 amide bonds. The molecular weight excluding hydrogens is 246 g/mol. The molecule has 96 valence electrons. The lowest BCUT2D eigenvalue weighted by Gasteiger charge is -2.29. The standard InChI is InChI=1S/C9H15N3O4S/c10-4-2-5-11-17(15,16)12-6-1-3-8(7-12)9(13)14/h8,11H,1-3,5-7H2,(H,13,14). The van der Waals surface area contributed by atoms with Crippen LogP contribution in [0.4, 0.5) is 0 Å². The largest absolute Gasteiger partial charge is 0.481 e. The summed E-state index contributed by atoms with van der Waals surface area (Å²) in [6.07, 6.45) is 1.13. The fourth-order valence-electron chi connectivity index (χ4n) is 1.69. The Morgan fingerprint density at radius 1 is 1.59 bits per heavy atom. The Balaban J connectivity index is 2.59. The van der Waals surface area contributed by atoms with Crippen LogP contribution in [-0.4, -0.2) is 43.4 Å². The highest BCUT2D eigenvalue weighted by Gasteiger charge is 2.31. The average Bonchev–Trinajstić information content (AvgIpc) is 2.29. The number of nitriles is 1. The van der Waals surface area contributed by atoms with Gasteiger partial charge in [-0.15, -0.1) is 0 Å². The molecule has 0 aliphatic carbocycles. The molecule has 0 saturated carbocycles. The monoisotopic (exact) mass is 261 g/mol. The normalized spacial score (nSPS) is 21.9. The molecule has 1 rings (SSSR count). The molecule has 8 heteroatoms. The highest BCUT2D eigenvalue weighted by atomic mass is 32.2. The van der Waals surface area contributed by atoms with Crippen LogP contribution in [0, 0.1) is 17.2 Å². The Morgan fingerprint density at radius 2 is 2.29 bits per heavy atom. The molecule has 0 radical (unpaired) electrons. The van der Waals surface area contributed by atoms with Crippen LogP contribution >= 0.6 is 0 Å².